The molecule has 0 bridgehead atoms. The van der Waals surface area contributed by atoms with Crippen molar-refractivity contribution in [1.82, 2.24) is 9.88 Å². The molecule has 0 radical (unpaired) electrons. The van der Waals surface area contributed by atoms with Gasteiger partial charge in [0.05, 0.1) is 17.7 Å². The molecule has 1 saturated carbocycles. The van der Waals surface area contributed by atoms with Gasteiger partial charge in [-0.25, -0.2) is 0 Å². The first-order chi connectivity index (χ1) is 9.61. The summed E-state index contributed by atoms with van der Waals surface area (Å²) in [7, 11) is 0. The second-order valence-corrected chi connectivity index (χ2v) is 5.73. The first-order valence-corrected chi connectivity index (χ1v) is 7.14. The Balaban J connectivity index is 1.82. The Morgan fingerprint density at radius 1 is 1.15 bits per heavy atom. The van der Waals surface area contributed by atoms with Gasteiger partial charge in [-0.2, -0.15) is 0 Å². The molecule has 20 heavy (non-hydrogen) atoms. The molecule has 2 aliphatic rings. The highest BCUT2D eigenvalue weighted by atomic mass is 16.3. The maximum absolute atomic E-state index is 12.3. The van der Waals surface area contributed by atoms with Crippen molar-refractivity contribution in [1.29, 1.82) is 0 Å². The number of carbonyl (C=O) groups excluding carboxylic acids is 2. The van der Waals surface area contributed by atoms with Crippen LogP contribution in [0.4, 0.5) is 0 Å². The molecule has 3 rings (SSSR count). The quantitative estimate of drug-likeness (QED) is 0.659. The Labute approximate surface area is 117 Å². The van der Waals surface area contributed by atoms with Gasteiger partial charge in [0.1, 0.15) is 5.69 Å². The zero-order valence-electron chi connectivity index (χ0n) is 11.3. The van der Waals surface area contributed by atoms with Gasteiger partial charge in [-0.15, -0.1) is 0 Å². The van der Waals surface area contributed by atoms with Crippen LogP contribution in [0.5, 0.6) is 0 Å². The van der Waals surface area contributed by atoms with Crippen LogP contribution in [-0.2, 0) is 0 Å². The lowest BCUT2D eigenvalue weighted by molar-refractivity contribution is -0.00275. The number of aromatic nitrogens is 1. The van der Waals surface area contributed by atoms with E-state index in [1.165, 1.54) is 6.20 Å². The number of rotatable bonds is 2. The lowest BCUT2D eigenvalue weighted by Gasteiger charge is -2.30. The molecule has 1 aliphatic carbocycles. The summed E-state index contributed by atoms with van der Waals surface area (Å²) >= 11 is 0. The fourth-order valence-electron chi connectivity index (χ4n) is 3.10. The third-order valence-electron chi connectivity index (χ3n) is 4.22. The van der Waals surface area contributed by atoms with Crippen LogP contribution < -0.4 is 0 Å². The normalized spacial score (nSPS) is 21.8. The van der Waals surface area contributed by atoms with Crippen molar-refractivity contribution in [3.05, 3.63) is 29.6 Å². The van der Waals surface area contributed by atoms with Crippen LogP contribution in [0.2, 0.25) is 0 Å². The molecule has 2 amide bonds. The van der Waals surface area contributed by atoms with E-state index in [9.17, 15) is 14.7 Å². The summed E-state index contributed by atoms with van der Waals surface area (Å²) in [6.07, 6.45) is 6.89. The SMILES string of the molecule is O=C1c2cccnc2C(=O)N1CC1(O)CCCCCC1. The van der Waals surface area contributed by atoms with Gasteiger partial charge < -0.3 is 5.11 Å². The second-order valence-electron chi connectivity index (χ2n) is 5.73. The Hall–Kier alpha value is -1.75. The molecule has 0 aromatic carbocycles. The van der Waals surface area contributed by atoms with Gasteiger partial charge >= 0.3 is 0 Å². The zero-order chi connectivity index (χ0) is 14.2. The molecule has 1 aromatic heterocycles. The predicted octanol–water partition coefficient (Wildman–Crippen LogP) is 1.76. The van der Waals surface area contributed by atoms with Gasteiger partial charge in [0.2, 0.25) is 0 Å². The summed E-state index contributed by atoms with van der Waals surface area (Å²) in [5.41, 5.74) is -0.395. The fourth-order valence-corrected chi connectivity index (χ4v) is 3.10. The number of nitrogens with zero attached hydrogens (tertiary/aromatic N) is 2. The van der Waals surface area contributed by atoms with Crippen LogP contribution >= 0.6 is 0 Å². The molecule has 5 nitrogen and oxygen atoms in total. The summed E-state index contributed by atoms with van der Waals surface area (Å²) < 4.78 is 0. The molecule has 5 heteroatoms. The van der Waals surface area contributed by atoms with Crippen LogP contribution in [0.1, 0.15) is 59.4 Å². The van der Waals surface area contributed by atoms with Gasteiger partial charge in [-0.1, -0.05) is 25.7 Å². The molecule has 0 unspecified atom stereocenters. The van der Waals surface area contributed by atoms with E-state index in [1.807, 2.05) is 0 Å². The minimum absolute atomic E-state index is 0.0844. The van der Waals surface area contributed by atoms with Crippen LogP contribution in [0.25, 0.3) is 0 Å². The van der Waals surface area contributed by atoms with Crippen LogP contribution in [0, 0.1) is 0 Å². The number of aliphatic hydroxyl groups is 1. The number of amides is 2. The monoisotopic (exact) mass is 274 g/mol. The Bertz CT molecular complexity index is 513. The average Bonchev–Trinajstić information content (AvgIpc) is 2.62. The number of pyridine rings is 1. The van der Waals surface area contributed by atoms with Crippen LogP contribution in [0.15, 0.2) is 18.3 Å². The molecule has 106 valence electrons. The van der Waals surface area contributed by atoms with Crippen molar-refractivity contribution in [2.75, 3.05) is 6.54 Å². The van der Waals surface area contributed by atoms with E-state index >= 15 is 0 Å². The van der Waals surface area contributed by atoms with Crippen molar-refractivity contribution in [2.24, 2.45) is 0 Å². The van der Waals surface area contributed by atoms with E-state index < -0.39 is 5.60 Å². The molecular formula is C15H18N2O3. The van der Waals surface area contributed by atoms with Crippen molar-refractivity contribution in [3.8, 4) is 0 Å². The highest BCUT2D eigenvalue weighted by Crippen LogP contribution is 2.30. The minimum atomic E-state index is -0.941. The van der Waals surface area contributed by atoms with Gasteiger partial charge in [-0.05, 0) is 25.0 Å². The highest BCUT2D eigenvalue weighted by Gasteiger charge is 2.41. The van der Waals surface area contributed by atoms with Crippen molar-refractivity contribution < 1.29 is 14.7 Å². The molecule has 0 atom stereocenters. The third kappa shape index (κ3) is 2.22. The minimum Gasteiger partial charge on any atom is -0.388 e. The van der Waals surface area contributed by atoms with Crippen molar-refractivity contribution in [2.45, 2.75) is 44.1 Å². The van der Waals surface area contributed by atoms with E-state index in [4.69, 9.17) is 0 Å². The molecule has 0 saturated heterocycles. The largest absolute Gasteiger partial charge is 0.388 e. The van der Waals surface area contributed by atoms with Crippen LogP contribution in [-0.4, -0.2) is 39.0 Å². The Morgan fingerprint density at radius 2 is 1.85 bits per heavy atom. The molecule has 1 aliphatic heterocycles. The van der Waals surface area contributed by atoms with Gasteiger partial charge in [0.15, 0.2) is 0 Å². The van der Waals surface area contributed by atoms with E-state index in [-0.39, 0.29) is 24.1 Å². The number of hydrogen-bond donors (Lipinski definition) is 1. The summed E-state index contributed by atoms with van der Waals surface area (Å²) in [6.45, 7) is 0.0844. The first-order valence-electron chi connectivity index (χ1n) is 7.14. The lowest BCUT2D eigenvalue weighted by Crippen LogP contribution is -2.45. The second kappa shape index (κ2) is 4.98. The van der Waals surface area contributed by atoms with E-state index in [0.29, 0.717) is 18.4 Å². The number of imide groups is 1. The number of β-amino-alcohol motifs (C(OH)–C–C–N with tert-alkyl or cyclic N) is 1. The smallest absolute Gasteiger partial charge is 0.280 e. The molecule has 2 heterocycles. The number of carbonyl (C=O) groups is 2. The molecule has 1 aromatic rings. The maximum atomic E-state index is 12.3. The first kappa shape index (κ1) is 13.2. The Kier molecular flexibility index (Phi) is 3.30. The van der Waals surface area contributed by atoms with Crippen molar-refractivity contribution >= 4 is 11.8 Å². The van der Waals surface area contributed by atoms with E-state index in [2.05, 4.69) is 4.98 Å². The average molecular weight is 274 g/mol. The molecule has 1 fully saturated rings. The predicted molar refractivity (Wildman–Crippen MR) is 72.3 cm³/mol. The van der Waals surface area contributed by atoms with Gasteiger partial charge in [-0.3, -0.25) is 19.5 Å². The molecule has 0 spiro atoms. The fraction of sp³-hybridized carbons (Fsp3) is 0.533. The zero-order valence-corrected chi connectivity index (χ0v) is 11.3. The molecule has 1 N–H and O–H groups in total. The summed E-state index contributed by atoms with van der Waals surface area (Å²) in [5.74, 6) is -0.723. The van der Waals surface area contributed by atoms with Crippen LogP contribution in [0.3, 0.4) is 0 Å². The molecular weight excluding hydrogens is 256 g/mol. The van der Waals surface area contributed by atoms with Gasteiger partial charge in [0.25, 0.3) is 11.8 Å². The summed E-state index contributed by atoms with van der Waals surface area (Å²) in [6, 6.07) is 3.26. The Morgan fingerprint density at radius 3 is 2.50 bits per heavy atom. The maximum Gasteiger partial charge on any atom is 0.280 e. The standard InChI is InChI=1S/C15H18N2O3/c18-13-11-6-5-9-16-12(11)14(19)17(13)10-15(20)7-3-1-2-4-8-15/h5-6,9,20H,1-4,7-8,10H2. The lowest BCUT2D eigenvalue weighted by atomic mass is 9.94. The number of hydrogen-bond acceptors (Lipinski definition) is 4. The highest BCUT2D eigenvalue weighted by molar-refractivity contribution is 6.20. The van der Waals surface area contributed by atoms with Crippen molar-refractivity contribution in [3.63, 3.8) is 0 Å². The number of fused-ring (bicyclic) bond motifs is 1. The topological polar surface area (TPSA) is 70.5 Å². The van der Waals surface area contributed by atoms with E-state index in [0.717, 1.165) is 30.6 Å². The summed E-state index contributed by atoms with van der Waals surface area (Å²) in [5, 5.41) is 10.7. The van der Waals surface area contributed by atoms with E-state index in [1.54, 1.807) is 12.1 Å². The summed E-state index contributed by atoms with van der Waals surface area (Å²) in [4.78, 5) is 29.6. The van der Waals surface area contributed by atoms with Gasteiger partial charge in [0, 0.05) is 6.20 Å². The third-order valence-corrected chi connectivity index (χ3v) is 4.22.